The van der Waals surface area contributed by atoms with Gasteiger partial charge in [0.05, 0.1) is 5.52 Å². The molecule has 0 saturated heterocycles. The maximum Gasteiger partial charge on any atom is 0.229 e. The summed E-state index contributed by atoms with van der Waals surface area (Å²) in [7, 11) is 0. The molecule has 0 aliphatic heterocycles. The van der Waals surface area contributed by atoms with Crippen LogP contribution in [-0.4, -0.2) is 21.6 Å². The average molecular weight is 280 g/mol. The third kappa shape index (κ3) is 2.86. The van der Waals surface area contributed by atoms with Crippen LogP contribution in [0.1, 0.15) is 6.92 Å². The van der Waals surface area contributed by atoms with Gasteiger partial charge in [0, 0.05) is 23.7 Å². The van der Waals surface area contributed by atoms with Gasteiger partial charge in [-0.1, -0.05) is 18.2 Å². The summed E-state index contributed by atoms with van der Waals surface area (Å²) in [6.07, 6.45) is 0. The molecule has 0 atom stereocenters. The van der Waals surface area contributed by atoms with Crippen molar-refractivity contribution in [1.29, 1.82) is 0 Å². The lowest BCUT2D eigenvalue weighted by molar-refractivity contribution is 0.475. The van der Waals surface area contributed by atoms with Gasteiger partial charge >= 0.3 is 0 Å². The second-order valence-corrected chi connectivity index (χ2v) is 4.62. The number of hydrogen-bond acceptors (Lipinski definition) is 5. The minimum absolute atomic E-state index is 0.202. The Kier molecular flexibility index (Phi) is 3.55. The van der Waals surface area contributed by atoms with Crippen molar-refractivity contribution in [3.8, 4) is 5.75 Å². The average Bonchev–Trinajstić information content (AvgIpc) is 2.47. The second kappa shape index (κ2) is 5.66. The molecule has 3 N–H and O–H groups in total. The summed E-state index contributed by atoms with van der Waals surface area (Å²) in [5.74, 6) is 1.49. The van der Waals surface area contributed by atoms with Gasteiger partial charge in [0.1, 0.15) is 11.6 Å². The van der Waals surface area contributed by atoms with Crippen LogP contribution >= 0.6 is 0 Å². The van der Waals surface area contributed by atoms with Gasteiger partial charge in [0.25, 0.3) is 0 Å². The van der Waals surface area contributed by atoms with Gasteiger partial charge in [0.2, 0.25) is 5.95 Å². The van der Waals surface area contributed by atoms with E-state index in [9.17, 15) is 5.11 Å². The van der Waals surface area contributed by atoms with Gasteiger partial charge in [-0.2, -0.15) is 4.98 Å². The van der Waals surface area contributed by atoms with Crippen LogP contribution in [0, 0.1) is 0 Å². The molecule has 5 heteroatoms. The molecule has 2 aromatic carbocycles. The number of benzene rings is 2. The zero-order valence-corrected chi connectivity index (χ0v) is 11.7. The zero-order valence-electron chi connectivity index (χ0n) is 11.7. The van der Waals surface area contributed by atoms with E-state index in [1.54, 1.807) is 18.2 Å². The highest BCUT2D eigenvalue weighted by atomic mass is 16.3. The fourth-order valence-electron chi connectivity index (χ4n) is 2.15. The van der Waals surface area contributed by atoms with E-state index < -0.39 is 0 Å². The Balaban J connectivity index is 2.02. The van der Waals surface area contributed by atoms with E-state index in [1.807, 2.05) is 37.3 Å². The van der Waals surface area contributed by atoms with Crippen LogP contribution in [0.3, 0.4) is 0 Å². The quantitative estimate of drug-likeness (QED) is 0.682. The van der Waals surface area contributed by atoms with E-state index in [2.05, 4.69) is 20.6 Å². The Morgan fingerprint density at radius 3 is 2.71 bits per heavy atom. The van der Waals surface area contributed by atoms with Crippen molar-refractivity contribution in [3.05, 3.63) is 48.5 Å². The normalized spacial score (nSPS) is 10.5. The SMILES string of the molecule is CCNc1nc(Nc2cccc(O)c2)nc2ccccc12. The Morgan fingerprint density at radius 2 is 1.90 bits per heavy atom. The van der Waals surface area contributed by atoms with Crippen LogP contribution in [0.4, 0.5) is 17.5 Å². The molecule has 0 unspecified atom stereocenters. The molecule has 0 fully saturated rings. The van der Waals surface area contributed by atoms with Crippen molar-refractivity contribution in [1.82, 2.24) is 9.97 Å². The molecule has 21 heavy (non-hydrogen) atoms. The molecule has 1 aromatic heterocycles. The van der Waals surface area contributed by atoms with Crippen molar-refractivity contribution in [2.45, 2.75) is 6.92 Å². The first-order chi connectivity index (χ1) is 10.3. The minimum Gasteiger partial charge on any atom is -0.508 e. The summed E-state index contributed by atoms with van der Waals surface area (Å²) in [6.45, 7) is 2.81. The predicted octanol–water partition coefficient (Wildman–Crippen LogP) is 3.51. The second-order valence-electron chi connectivity index (χ2n) is 4.62. The molecule has 3 aromatic rings. The molecule has 5 nitrogen and oxygen atoms in total. The molecule has 0 amide bonds. The number of rotatable bonds is 4. The highest BCUT2D eigenvalue weighted by Gasteiger charge is 2.07. The third-order valence-corrected chi connectivity index (χ3v) is 3.05. The lowest BCUT2D eigenvalue weighted by Crippen LogP contribution is -2.04. The molecule has 0 spiro atoms. The zero-order chi connectivity index (χ0) is 14.7. The smallest absolute Gasteiger partial charge is 0.229 e. The van der Waals surface area contributed by atoms with Crippen LogP contribution < -0.4 is 10.6 Å². The largest absolute Gasteiger partial charge is 0.508 e. The first-order valence-corrected chi connectivity index (χ1v) is 6.83. The number of para-hydroxylation sites is 1. The van der Waals surface area contributed by atoms with Gasteiger partial charge in [-0.3, -0.25) is 0 Å². The Bertz CT molecular complexity index is 773. The van der Waals surface area contributed by atoms with Crippen LogP contribution in [0.15, 0.2) is 48.5 Å². The lowest BCUT2D eigenvalue weighted by atomic mass is 10.2. The molecule has 0 radical (unpaired) electrons. The molecule has 3 rings (SSSR count). The van der Waals surface area contributed by atoms with Crippen LogP contribution in [0.2, 0.25) is 0 Å². The number of nitrogens with one attached hydrogen (secondary N) is 2. The maximum absolute atomic E-state index is 9.51. The van der Waals surface area contributed by atoms with Crippen LogP contribution in [0.5, 0.6) is 5.75 Å². The van der Waals surface area contributed by atoms with E-state index in [1.165, 1.54) is 0 Å². The van der Waals surface area contributed by atoms with Gasteiger partial charge in [-0.25, -0.2) is 4.98 Å². The van der Waals surface area contributed by atoms with Crippen LogP contribution in [0.25, 0.3) is 10.9 Å². The Hall–Kier alpha value is -2.82. The van der Waals surface area contributed by atoms with E-state index in [4.69, 9.17) is 0 Å². The highest BCUT2D eigenvalue weighted by Crippen LogP contribution is 2.24. The molecule has 0 bridgehead atoms. The van der Waals surface area contributed by atoms with Crippen molar-refractivity contribution in [3.63, 3.8) is 0 Å². The molecule has 0 saturated carbocycles. The summed E-state index contributed by atoms with van der Waals surface area (Å²) >= 11 is 0. The van der Waals surface area contributed by atoms with Gasteiger partial charge in [0.15, 0.2) is 0 Å². The first kappa shape index (κ1) is 13.2. The predicted molar refractivity (Wildman–Crippen MR) is 85.1 cm³/mol. The summed E-state index contributed by atoms with van der Waals surface area (Å²) in [5.41, 5.74) is 1.61. The number of fused-ring (bicyclic) bond motifs is 1. The summed E-state index contributed by atoms with van der Waals surface area (Å²) in [5, 5.41) is 16.9. The van der Waals surface area contributed by atoms with E-state index in [0.29, 0.717) is 5.95 Å². The number of aromatic hydroxyl groups is 1. The third-order valence-electron chi connectivity index (χ3n) is 3.05. The lowest BCUT2D eigenvalue weighted by Gasteiger charge is -2.10. The summed E-state index contributed by atoms with van der Waals surface area (Å²) in [6, 6.07) is 14.7. The summed E-state index contributed by atoms with van der Waals surface area (Å²) < 4.78 is 0. The maximum atomic E-state index is 9.51. The first-order valence-electron chi connectivity index (χ1n) is 6.83. The number of aromatic nitrogens is 2. The van der Waals surface area contributed by atoms with Crippen molar-refractivity contribution in [2.75, 3.05) is 17.2 Å². The Morgan fingerprint density at radius 1 is 1.05 bits per heavy atom. The molecule has 106 valence electrons. The topological polar surface area (TPSA) is 70.1 Å². The van der Waals surface area contributed by atoms with Crippen molar-refractivity contribution in [2.24, 2.45) is 0 Å². The monoisotopic (exact) mass is 280 g/mol. The fraction of sp³-hybridized carbons (Fsp3) is 0.125. The Labute approximate surface area is 122 Å². The minimum atomic E-state index is 0.202. The number of phenolic OH excluding ortho intramolecular Hbond substituents is 1. The van der Waals surface area contributed by atoms with Crippen LogP contribution in [-0.2, 0) is 0 Å². The number of hydrogen-bond donors (Lipinski definition) is 3. The number of nitrogens with zero attached hydrogens (tertiary/aromatic N) is 2. The van der Waals surface area contributed by atoms with E-state index >= 15 is 0 Å². The standard InChI is InChI=1S/C16H16N4O/c1-2-17-15-13-8-3-4-9-14(13)19-16(20-15)18-11-6-5-7-12(21)10-11/h3-10,21H,2H2,1H3,(H2,17,18,19,20). The molecule has 0 aliphatic rings. The van der Waals surface area contributed by atoms with E-state index in [-0.39, 0.29) is 5.75 Å². The van der Waals surface area contributed by atoms with Gasteiger partial charge in [-0.15, -0.1) is 0 Å². The number of anilines is 3. The van der Waals surface area contributed by atoms with Gasteiger partial charge in [-0.05, 0) is 31.2 Å². The highest BCUT2D eigenvalue weighted by molar-refractivity contribution is 5.90. The molecule has 1 heterocycles. The molecule has 0 aliphatic carbocycles. The number of phenols is 1. The molecular weight excluding hydrogens is 264 g/mol. The van der Waals surface area contributed by atoms with Crippen molar-refractivity contribution >= 4 is 28.4 Å². The van der Waals surface area contributed by atoms with Crippen molar-refractivity contribution < 1.29 is 5.11 Å². The van der Waals surface area contributed by atoms with E-state index in [0.717, 1.165) is 29.0 Å². The fourth-order valence-corrected chi connectivity index (χ4v) is 2.15. The summed E-state index contributed by atoms with van der Waals surface area (Å²) in [4.78, 5) is 9.00. The molecular formula is C16H16N4O. The van der Waals surface area contributed by atoms with Gasteiger partial charge < -0.3 is 15.7 Å².